The highest BCUT2D eigenvalue weighted by Gasteiger charge is 2.44. The molecule has 0 saturated heterocycles. The molecule has 5 rings (SSSR count). The van der Waals surface area contributed by atoms with Gasteiger partial charge in [0.05, 0.1) is 20.3 Å². The first-order valence-corrected chi connectivity index (χ1v) is 9.16. The second-order valence-corrected chi connectivity index (χ2v) is 7.43. The van der Waals surface area contributed by atoms with Crippen LogP contribution in [0.1, 0.15) is 34.2 Å². The second kappa shape index (κ2) is 6.04. The van der Waals surface area contributed by atoms with Crippen LogP contribution in [-0.4, -0.2) is 44.2 Å². The monoisotopic (exact) mass is 369 g/mol. The summed E-state index contributed by atoms with van der Waals surface area (Å²) in [6, 6.07) is 8.19. The van der Waals surface area contributed by atoms with Crippen LogP contribution in [-0.2, 0) is 13.0 Å². The topological polar surface area (TPSA) is 60.4 Å². The van der Waals surface area contributed by atoms with Crippen molar-refractivity contribution >= 4 is 0 Å². The van der Waals surface area contributed by atoms with Crippen molar-refractivity contribution in [3.05, 3.63) is 46.5 Å². The van der Waals surface area contributed by atoms with Gasteiger partial charge in [0.25, 0.3) is 0 Å². The van der Waals surface area contributed by atoms with E-state index in [0.717, 1.165) is 46.2 Å². The van der Waals surface area contributed by atoms with Gasteiger partial charge in [0.1, 0.15) is 0 Å². The van der Waals surface area contributed by atoms with Gasteiger partial charge in [-0.3, -0.25) is 4.90 Å². The minimum Gasteiger partial charge on any atom is -0.493 e. The average molecular weight is 369 g/mol. The number of ether oxygens (including phenoxy) is 4. The zero-order valence-corrected chi connectivity index (χ0v) is 15.7. The third-order valence-corrected chi connectivity index (χ3v) is 6.06. The molecule has 3 atom stereocenters. The van der Waals surface area contributed by atoms with Crippen molar-refractivity contribution in [3.63, 3.8) is 0 Å². The summed E-state index contributed by atoms with van der Waals surface area (Å²) in [7, 11) is 5.40. The Morgan fingerprint density at radius 3 is 2.59 bits per heavy atom. The van der Waals surface area contributed by atoms with Gasteiger partial charge < -0.3 is 24.1 Å². The molecule has 0 bridgehead atoms. The first kappa shape index (κ1) is 16.7. The van der Waals surface area contributed by atoms with Gasteiger partial charge in [-0.2, -0.15) is 0 Å². The van der Waals surface area contributed by atoms with Crippen LogP contribution < -0.4 is 18.9 Å². The number of fused-ring (bicyclic) bond motifs is 6. The van der Waals surface area contributed by atoms with Crippen LogP contribution in [0.2, 0.25) is 0 Å². The molecule has 0 fully saturated rings. The Bertz CT molecular complexity index is 912. The first-order valence-electron chi connectivity index (χ1n) is 9.16. The van der Waals surface area contributed by atoms with Crippen LogP contribution in [0.25, 0.3) is 0 Å². The van der Waals surface area contributed by atoms with Gasteiger partial charge in [0, 0.05) is 24.1 Å². The molecule has 3 aliphatic rings. The molecular weight excluding hydrogens is 346 g/mol. The van der Waals surface area contributed by atoms with E-state index < -0.39 is 6.10 Å². The van der Waals surface area contributed by atoms with Crippen LogP contribution >= 0.6 is 0 Å². The number of likely N-dealkylation sites (N-methyl/N-ethyl adjacent to an activating group) is 1. The molecule has 0 saturated carbocycles. The van der Waals surface area contributed by atoms with Crippen molar-refractivity contribution in [2.24, 2.45) is 0 Å². The normalized spacial score (nSPS) is 25.4. The number of aliphatic hydroxyl groups is 1. The van der Waals surface area contributed by atoms with Crippen LogP contribution in [0.5, 0.6) is 23.0 Å². The van der Waals surface area contributed by atoms with Gasteiger partial charge in [0.2, 0.25) is 6.79 Å². The molecule has 27 heavy (non-hydrogen) atoms. The van der Waals surface area contributed by atoms with E-state index in [2.05, 4.69) is 24.1 Å². The van der Waals surface area contributed by atoms with Crippen molar-refractivity contribution < 1.29 is 24.1 Å². The van der Waals surface area contributed by atoms with E-state index in [0.29, 0.717) is 6.42 Å². The van der Waals surface area contributed by atoms with Crippen molar-refractivity contribution in [1.29, 1.82) is 0 Å². The summed E-state index contributed by atoms with van der Waals surface area (Å²) in [6.07, 6.45) is 0.108. The van der Waals surface area contributed by atoms with Crippen LogP contribution in [0.3, 0.4) is 0 Å². The first-order chi connectivity index (χ1) is 13.1. The molecule has 1 aliphatic carbocycles. The highest BCUT2D eigenvalue weighted by atomic mass is 16.7. The van der Waals surface area contributed by atoms with E-state index in [1.165, 1.54) is 5.56 Å². The average Bonchev–Trinajstić information content (AvgIpc) is 3.12. The lowest BCUT2D eigenvalue weighted by Crippen LogP contribution is -2.43. The Kier molecular flexibility index (Phi) is 3.74. The molecule has 6 heteroatoms. The smallest absolute Gasteiger partial charge is 0.231 e. The number of hydrogen-bond donors (Lipinski definition) is 1. The van der Waals surface area contributed by atoms with Gasteiger partial charge in [-0.25, -0.2) is 0 Å². The van der Waals surface area contributed by atoms with Crippen LogP contribution in [0.15, 0.2) is 24.3 Å². The van der Waals surface area contributed by atoms with Gasteiger partial charge in [-0.05, 0) is 48.4 Å². The second-order valence-electron chi connectivity index (χ2n) is 7.43. The molecule has 0 aromatic heterocycles. The molecule has 1 N–H and O–H groups in total. The number of aliphatic hydroxyl groups excluding tert-OH is 1. The number of hydrogen-bond acceptors (Lipinski definition) is 6. The van der Waals surface area contributed by atoms with E-state index in [4.69, 9.17) is 18.9 Å². The SMILES string of the molecule is COc1ccc2c(c1OC)CN(C)[C@@H]1c3cc4c(cc3C[C@H](O)[C@@H]21)OCO4. The third kappa shape index (κ3) is 2.33. The summed E-state index contributed by atoms with van der Waals surface area (Å²) in [5, 5.41) is 11.1. The number of nitrogens with zero attached hydrogens (tertiary/aromatic N) is 1. The zero-order valence-electron chi connectivity index (χ0n) is 15.7. The Labute approximate surface area is 158 Å². The lowest BCUT2D eigenvalue weighted by atomic mass is 9.70. The van der Waals surface area contributed by atoms with E-state index >= 15 is 0 Å². The number of rotatable bonds is 2. The van der Waals surface area contributed by atoms with Gasteiger partial charge in [-0.1, -0.05) is 6.07 Å². The molecule has 2 heterocycles. The Hall–Kier alpha value is -2.44. The maximum absolute atomic E-state index is 11.1. The zero-order chi connectivity index (χ0) is 18.7. The summed E-state index contributed by atoms with van der Waals surface area (Å²) in [5.74, 6) is 2.99. The molecule has 142 valence electrons. The molecular formula is C21H23NO5. The Morgan fingerprint density at radius 1 is 1.07 bits per heavy atom. The van der Waals surface area contributed by atoms with E-state index in [1.807, 2.05) is 12.1 Å². The third-order valence-electron chi connectivity index (χ3n) is 6.06. The Balaban J connectivity index is 1.67. The fourth-order valence-corrected chi connectivity index (χ4v) is 4.93. The van der Waals surface area contributed by atoms with Gasteiger partial charge in [0.15, 0.2) is 23.0 Å². The fourth-order valence-electron chi connectivity index (χ4n) is 4.93. The van der Waals surface area contributed by atoms with Crippen molar-refractivity contribution in [1.82, 2.24) is 4.90 Å². The molecule has 2 aromatic carbocycles. The molecule has 2 aliphatic heterocycles. The lowest BCUT2D eigenvalue weighted by molar-refractivity contribution is 0.0590. The van der Waals surface area contributed by atoms with E-state index in [-0.39, 0.29) is 18.8 Å². The quantitative estimate of drug-likeness (QED) is 0.878. The molecule has 0 radical (unpaired) electrons. The lowest BCUT2D eigenvalue weighted by Gasteiger charge is -2.46. The maximum Gasteiger partial charge on any atom is 0.231 e. The standard InChI is InChI=1S/C21H23NO5/c1-22-9-14-12(4-5-16(24-2)21(14)25-3)19-15(23)6-11-7-17-18(27-10-26-17)8-13(11)20(19)22/h4-5,7-8,15,19-20,23H,6,9-10H2,1-3H3/t15-,19+,20+/m0/s1. The predicted octanol–water partition coefficient (Wildman–Crippen LogP) is 2.62. The van der Waals surface area contributed by atoms with Crippen LogP contribution in [0.4, 0.5) is 0 Å². The minimum atomic E-state index is -0.484. The molecule has 6 nitrogen and oxygen atoms in total. The van der Waals surface area contributed by atoms with Crippen molar-refractivity contribution in [3.8, 4) is 23.0 Å². The van der Waals surface area contributed by atoms with Crippen molar-refractivity contribution in [2.75, 3.05) is 28.1 Å². The van der Waals surface area contributed by atoms with Gasteiger partial charge in [-0.15, -0.1) is 0 Å². The summed E-state index contributed by atoms with van der Waals surface area (Å²) >= 11 is 0. The Morgan fingerprint density at radius 2 is 1.85 bits per heavy atom. The molecule has 0 amide bonds. The summed E-state index contributed by atoms with van der Waals surface area (Å²) in [4.78, 5) is 2.28. The largest absolute Gasteiger partial charge is 0.493 e. The highest BCUT2D eigenvalue weighted by molar-refractivity contribution is 5.57. The summed E-state index contributed by atoms with van der Waals surface area (Å²) in [6.45, 7) is 0.974. The predicted molar refractivity (Wildman–Crippen MR) is 98.8 cm³/mol. The molecule has 2 aromatic rings. The van der Waals surface area contributed by atoms with Crippen LogP contribution in [0, 0.1) is 0 Å². The minimum absolute atomic E-state index is 0.0357. The summed E-state index contributed by atoms with van der Waals surface area (Å²) in [5.41, 5.74) is 4.55. The highest BCUT2D eigenvalue weighted by Crippen LogP contribution is 2.53. The van der Waals surface area contributed by atoms with E-state index in [1.54, 1.807) is 14.2 Å². The van der Waals surface area contributed by atoms with E-state index in [9.17, 15) is 5.11 Å². The maximum atomic E-state index is 11.1. The fraction of sp³-hybridized carbons (Fsp3) is 0.429. The molecule has 0 unspecified atom stereocenters. The number of methoxy groups -OCH3 is 2. The number of benzene rings is 2. The summed E-state index contributed by atoms with van der Waals surface area (Å²) < 4.78 is 22.3. The van der Waals surface area contributed by atoms with Crippen molar-refractivity contribution in [2.45, 2.75) is 31.0 Å². The van der Waals surface area contributed by atoms with Gasteiger partial charge >= 0.3 is 0 Å². The molecule has 0 spiro atoms.